The minimum atomic E-state index is 0.112. The predicted octanol–water partition coefficient (Wildman–Crippen LogP) is 4.02. The highest BCUT2D eigenvalue weighted by molar-refractivity contribution is 8.00. The van der Waals surface area contributed by atoms with Crippen molar-refractivity contribution in [2.45, 2.75) is 61.6 Å². The van der Waals surface area contributed by atoms with Gasteiger partial charge in [-0.15, -0.1) is 11.8 Å². The summed E-state index contributed by atoms with van der Waals surface area (Å²) >= 11 is 1.94. The van der Waals surface area contributed by atoms with Gasteiger partial charge in [-0.05, 0) is 43.9 Å². The summed E-state index contributed by atoms with van der Waals surface area (Å²) in [5, 5.41) is 0.705. The van der Waals surface area contributed by atoms with Gasteiger partial charge in [-0.1, -0.05) is 19.3 Å². The molecular weight excluding hydrogens is 282 g/mol. The first-order valence-electron chi connectivity index (χ1n) is 7.81. The van der Waals surface area contributed by atoms with Gasteiger partial charge < -0.3 is 15.2 Å². The molecule has 118 valence electrons. The second kappa shape index (κ2) is 7.95. The topological polar surface area (TPSA) is 44.5 Å². The lowest BCUT2D eigenvalue weighted by atomic mass is 10.0. The molecule has 0 aliphatic heterocycles. The van der Waals surface area contributed by atoms with Crippen LogP contribution in [0.2, 0.25) is 0 Å². The van der Waals surface area contributed by atoms with Crippen LogP contribution in [-0.2, 0) is 6.42 Å². The Morgan fingerprint density at radius 2 is 1.81 bits per heavy atom. The summed E-state index contributed by atoms with van der Waals surface area (Å²) < 4.78 is 11.1. The Balaban J connectivity index is 2.22. The second-order valence-electron chi connectivity index (χ2n) is 5.87. The molecule has 0 radical (unpaired) electrons. The molecule has 0 aromatic heterocycles. The van der Waals surface area contributed by atoms with E-state index in [1.54, 1.807) is 14.2 Å². The summed E-state index contributed by atoms with van der Waals surface area (Å²) in [5.41, 5.74) is 7.05. The summed E-state index contributed by atoms with van der Waals surface area (Å²) in [6, 6.07) is 4.32. The molecule has 2 N–H and O–H groups in total. The maximum Gasteiger partial charge on any atom is 0.132 e. The molecule has 1 atom stereocenters. The summed E-state index contributed by atoms with van der Waals surface area (Å²) in [7, 11) is 3.46. The highest BCUT2D eigenvalue weighted by Gasteiger charge is 2.19. The number of nitrogens with two attached hydrogens (primary N) is 1. The molecule has 21 heavy (non-hydrogen) atoms. The Kier molecular flexibility index (Phi) is 6.24. The summed E-state index contributed by atoms with van der Waals surface area (Å²) in [6.07, 6.45) is 7.48. The molecule has 0 bridgehead atoms. The van der Waals surface area contributed by atoms with Crippen LogP contribution in [0.5, 0.6) is 11.5 Å². The average molecular weight is 309 g/mol. The average Bonchev–Trinajstić information content (AvgIpc) is 2.48. The molecule has 1 fully saturated rings. The van der Waals surface area contributed by atoms with Crippen LogP contribution in [0.15, 0.2) is 17.0 Å². The first-order valence-corrected chi connectivity index (χ1v) is 8.69. The fraction of sp³-hybridized carbons (Fsp3) is 0.647. The Labute approximate surface area is 132 Å². The molecule has 1 aromatic rings. The van der Waals surface area contributed by atoms with Crippen LogP contribution in [0.3, 0.4) is 0 Å². The molecule has 0 spiro atoms. The van der Waals surface area contributed by atoms with E-state index in [9.17, 15) is 0 Å². The molecule has 2 rings (SSSR count). The first-order chi connectivity index (χ1) is 10.1. The summed E-state index contributed by atoms with van der Waals surface area (Å²) in [5.74, 6) is 1.87. The van der Waals surface area contributed by atoms with Gasteiger partial charge >= 0.3 is 0 Å². The van der Waals surface area contributed by atoms with Crippen molar-refractivity contribution >= 4 is 11.8 Å². The van der Waals surface area contributed by atoms with Gasteiger partial charge in [0.2, 0.25) is 0 Å². The molecule has 1 saturated carbocycles. The van der Waals surface area contributed by atoms with Crippen LogP contribution < -0.4 is 15.2 Å². The van der Waals surface area contributed by atoms with Gasteiger partial charge in [-0.3, -0.25) is 0 Å². The third-order valence-electron chi connectivity index (χ3n) is 3.95. The quantitative estimate of drug-likeness (QED) is 0.862. The molecule has 4 heteroatoms. The minimum Gasteiger partial charge on any atom is -0.496 e. The van der Waals surface area contributed by atoms with E-state index in [1.807, 2.05) is 18.7 Å². The van der Waals surface area contributed by atoms with E-state index in [4.69, 9.17) is 15.2 Å². The number of hydrogen-bond acceptors (Lipinski definition) is 4. The van der Waals surface area contributed by atoms with Crippen molar-refractivity contribution in [1.82, 2.24) is 0 Å². The standard InChI is InChI=1S/C17H27NO2S/c1-12(18)9-13-10-16(20-3)17(11-15(13)19-2)21-14-7-5-4-6-8-14/h10-12,14H,4-9,18H2,1-3H3/t12-/m1/s1. The first kappa shape index (κ1) is 16.5. The lowest BCUT2D eigenvalue weighted by molar-refractivity contribution is 0.389. The van der Waals surface area contributed by atoms with Crippen molar-refractivity contribution in [1.29, 1.82) is 0 Å². The van der Waals surface area contributed by atoms with Crippen LogP contribution in [0.25, 0.3) is 0 Å². The van der Waals surface area contributed by atoms with Crippen molar-refractivity contribution in [3.8, 4) is 11.5 Å². The summed E-state index contributed by atoms with van der Waals surface area (Å²) in [6.45, 7) is 2.01. The zero-order valence-electron chi connectivity index (χ0n) is 13.4. The van der Waals surface area contributed by atoms with Gasteiger partial charge in [0.25, 0.3) is 0 Å². The molecule has 3 nitrogen and oxygen atoms in total. The van der Waals surface area contributed by atoms with Gasteiger partial charge in [0.05, 0.1) is 19.1 Å². The molecule has 0 unspecified atom stereocenters. The van der Waals surface area contributed by atoms with Crippen LogP contribution >= 0.6 is 11.8 Å². The molecule has 0 saturated heterocycles. The van der Waals surface area contributed by atoms with E-state index >= 15 is 0 Å². The smallest absolute Gasteiger partial charge is 0.132 e. The number of rotatable bonds is 6. The SMILES string of the molecule is COc1cc(SC2CCCCC2)c(OC)cc1C[C@@H](C)N. The van der Waals surface area contributed by atoms with E-state index < -0.39 is 0 Å². The van der Waals surface area contributed by atoms with Gasteiger partial charge in [-0.2, -0.15) is 0 Å². The second-order valence-corrected chi connectivity index (χ2v) is 7.22. The largest absolute Gasteiger partial charge is 0.496 e. The Morgan fingerprint density at radius 1 is 1.14 bits per heavy atom. The normalized spacial score (nSPS) is 17.5. The van der Waals surface area contributed by atoms with Crippen molar-refractivity contribution in [3.63, 3.8) is 0 Å². The number of benzene rings is 1. The molecular formula is C17H27NO2S. The molecule has 0 amide bonds. The van der Waals surface area contributed by atoms with Crippen molar-refractivity contribution in [3.05, 3.63) is 17.7 Å². The lowest BCUT2D eigenvalue weighted by Gasteiger charge is -2.23. The van der Waals surface area contributed by atoms with Gasteiger partial charge in [-0.25, -0.2) is 0 Å². The van der Waals surface area contributed by atoms with Gasteiger partial charge in [0, 0.05) is 11.3 Å². The fourth-order valence-electron chi connectivity index (χ4n) is 2.89. The van der Waals surface area contributed by atoms with E-state index in [-0.39, 0.29) is 6.04 Å². The fourth-order valence-corrected chi connectivity index (χ4v) is 4.26. The third kappa shape index (κ3) is 4.55. The summed E-state index contributed by atoms with van der Waals surface area (Å²) in [4.78, 5) is 1.19. The van der Waals surface area contributed by atoms with Crippen LogP contribution in [0, 0.1) is 0 Å². The number of methoxy groups -OCH3 is 2. The maximum absolute atomic E-state index is 5.93. The van der Waals surface area contributed by atoms with E-state index in [0.717, 1.165) is 23.5 Å². The Morgan fingerprint density at radius 3 is 2.38 bits per heavy atom. The van der Waals surface area contributed by atoms with E-state index in [0.29, 0.717) is 5.25 Å². The van der Waals surface area contributed by atoms with Crippen LogP contribution in [0.4, 0.5) is 0 Å². The zero-order valence-corrected chi connectivity index (χ0v) is 14.2. The highest BCUT2D eigenvalue weighted by Crippen LogP contribution is 2.41. The van der Waals surface area contributed by atoms with E-state index in [1.165, 1.54) is 37.0 Å². The number of thioether (sulfide) groups is 1. The lowest BCUT2D eigenvalue weighted by Crippen LogP contribution is -2.18. The minimum absolute atomic E-state index is 0.112. The van der Waals surface area contributed by atoms with Crippen molar-refractivity contribution in [2.75, 3.05) is 14.2 Å². The maximum atomic E-state index is 5.93. The molecule has 1 aliphatic carbocycles. The molecule has 1 aliphatic rings. The van der Waals surface area contributed by atoms with Crippen molar-refractivity contribution < 1.29 is 9.47 Å². The Hall–Kier alpha value is -0.870. The predicted molar refractivity (Wildman–Crippen MR) is 89.6 cm³/mol. The third-order valence-corrected chi connectivity index (χ3v) is 5.33. The van der Waals surface area contributed by atoms with Crippen molar-refractivity contribution in [2.24, 2.45) is 5.73 Å². The Bertz CT molecular complexity index is 456. The van der Waals surface area contributed by atoms with Gasteiger partial charge in [0.15, 0.2) is 0 Å². The van der Waals surface area contributed by atoms with Crippen LogP contribution in [0.1, 0.15) is 44.6 Å². The zero-order chi connectivity index (χ0) is 15.2. The number of hydrogen-bond donors (Lipinski definition) is 1. The number of ether oxygens (including phenoxy) is 2. The van der Waals surface area contributed by atoms with Crippen LogP contribution in [-0.4, -0.2) is 25.5 Å². The molecule has 0 heterocycles. The van der Waals surface area contributed by atoms with E-state index in [2.05, 4.69) is 12.1 Å². The monoisotopic (exact) mass is 309 g/mol. The molecule has 1 aromatic carbocycles. The highest BCUT2D eigenvalue weighted by atomic mass is 32.2. The van der Waals surface area contributed by atoms with Gasteiger partial charge in [0.1, 0.15) is 11.5 Å².